The van der Waals surface area contributed by atoms with Crippen molar-refractivity contribution < 1.29 is 28.2 Å². The highest BCUT2D eigenvalue weighted by atomic mass is 32.2. The van der Waals surface area contributed by atoms with E-state index in [1.807, 2.05) is 0 Å². The number of halogens is 3. The number of carboxylic acid groups (broad SMARTS) is 1. The van der Waals surface area contributed by atoms with Gasteiger partial charge in [-0.3, -0.25) is 0 Å². The summed E-state index contributed by atoms with van der Waals surface area (Å²) in [6, 6.07) is 3.07. The number of rotatable bonds is 8. The van der Waals surface area contributed by atoms with Gasteiger partial charge in [-0.1, -0.05) is 0 Å². The van der Waals surface area contributed by atoms with Gasteiger partial charge in [0.05, 0.1) is 11.1 Å². The van der Waals surface area contributed by atoms with Gasteiger partial charge in [0.1, 0.15) is 0 Å². The lowest BCUT2D eigenvalue weighted by Crippen LogP contribution is -2.14. The molecule has 0 radical (unpaired) electrons. The van der Waals surface area contributed by atoms with Crippen LogP contribution >= 0.6 is 11.8 Å². The van der Waals surface area contributed by atoms with Gasteiger partial charge in [-0.05, 0) is 30.4 Å². The molecule has 0 saturated carbocycles. The third-order valence-electron chi connectivity index (χ3n) is 2.58. The number of carboxylic acids is 1. The molecule has 3 N–H and O–H groups in total. The third-order valence-corrected chi connectivity index (χ3v) is 3.65. The molecule has 4 nitrogen and oxygen atoms in total. The van der Waals surface area contributed by atoms with E-state index in [1.165, 1.54) is 6.07 Å². The monoisotopic (exact) mass is 323 g/mol. The molecule has 8 heteroatoms. The van der Waals surface area contributed by atoms with E-state index in [0.29, 0.717) is 18.7 Å². The fourth-order valence-electron chi connectivity index (χ4n) is 1.61. The van der Waals surface area contributed by atoms with Gasteiger partial charge in [-0.25, -0.2) is 4.79 Å². The molecule has 0 aliphatic carbocycles. The molecular formula is C13H16F3NO3S. The van der Waals surface area contributed by atoms with Crippen LogP contribution in [0.25, 0.3) is 0 Å². The van der Waals surface area contributed by atoms with Gasteiger partial charge in [0.15, 0.2) is 0 Å². The predicted octanol–water partition coefficient (Wildman–Crippen LogP) is 2.93. The van der Waals surface area contributed by atoms with Crippen molar-refractivity contribution in [2.45, 2.75) is 12.6 Å². The van der Waals surface area contributed by atoms with Crippen molar-refractivity contribution in [1.29, 1.82) is 0 Å². The second-order valence-electron chi connectivity index (χ2n) is 4.18. The summed E-state index contributed by atoms with van der Waals surface area (Å²) in [4.78, 5) is 10.8. The lowest BCUT2D eigenvalue weighted by atomic mass is 10.1. The Morgan fingerprint density at radius 3 is 2.57 bits per heavy atom. The van der Waals surface area contributed by atoms with Crippen molar-refractivity contribution in [3.8, 4) is 0 Å². The normalized spacial score (nSPS) is 11.4. The van der Waals surface area contributed by atoms with Crippen LogP contribution in [0.15, 0.2) is 18.2 Å². The highest BCUT2D eigenvalue weighted by Crippen LogP contribution is 2.33. The number of aromatic carboxylic acids is 1. The van der Waals surface area contributed by atoms with Crippen molar-refractivity contribution in [3.05, 3.63) is 29.3 Å². The van der Waals surface area contributed by atoms with Gasteiger partial charge >= 0.3 is 12.1 Å². The van der Waals surface area contributed by atoms with Crippen molar-refractivity contribution in [2.75, 3.05) is 30.0 Å². The van der Waals surface area contributed by atoms with E-state index in [0.717, 1.165) is 17.9 Å². The Morgan fingerprint density at radius 1 is 1.29 bits per heavy atom. The standard InChI is InChI=1S/C13H16F3NO3S/c14-13(15,16)11-8-9(2-3-10(11)12(19)20)17-4-7-21-6-1-5-18/h2-3,8,17-18H,1,4-7H2,(H,19,20). The molecule has 1 aromatic carbocycles. The second-order valence-corrected chi connectivity index (χ2v) is 5.40. The largest absolute Gasteiger partial charge is 0.478 e. The first-order chi connectivity index (χ1) is 9.86. The predicted molar refractivity (Wildman–Crippen MR) is 75.9 cm³/mol. The average molecular weight is 323 g/mol. The van der Waals surface area contributed by atoms with Gasteiger partial charge in [0.2, 0.25) is 0 Å². The first kappa shape index (κ1) is 17.6. The van der Waals surface area contributed by atoms with Crippen LogP contribution in [0.5, 0.6) is 0 Å². The molecule has 0 aromatic heterocycles. The lowest BCUT2D eigenvalue weighted by molar-refractivity contribution is -0.138. The quantitative estimate of drug-likeness (QED) is 0.642. The zero-order valence-electron chi connectivity index (χ0n) is 11.1. The van der Waals surface area contributed by atoms with Crippen LogP contribution in [-0.4, -0.2) is 40.8 Å². The molecular weight excluding hydrogens is 307 g/mol. The smallest absolute Gasteiger partial charge is 0.417 e. The van der Waals surface area contributed by atoms with Crippen LogP contribution in [0.2, 0.25) is 0 Å². The lowest BCUT2D eigenvalue weighted by Gasteiger charge is -2.13. The van der Waals surface area contributed by atoms with Crippen LogP contribution in [0.4, 0.5) is 18.9 Å². The van der Waals surface area contributed by atoms with E-state index < -0.39 is 23.3 Å². The van der Waals surface area contributed by atoms with Crippen LogP contribution in [-0.2, 0) is 6.18 Å². The molecule has 0 spiro atoms. The van der Waals surface area contributed by atoms with E-state index in [1.54, 1.807) is 11.8 Å². The number of aliphatic hydroxyl groups excluding tert-OH is 1. The van der Waals surface area contributed by atoms with E-state index in [9.17, 15) is 18.0 Å². The molecule has 1 rings (SSSR count). The number of aliphatic hydroxyl groups is 1. The van der Waals surface area contributed by atoms with Gasteiger partial charge in [-0.2, -0.15) is 24.9 Å². The Kier molecular flexibility index (Phi) is 6.83. The molecule has 0 bridgehead atoms. The fourth-order valence-corrected chi connectivity index (χ4v) is 2.40. The van der Waals surface area contributed by atoms with Crippen molar-refractivity contribution in [2.24, 2.45) is 0 Å². The van der Waals surface area contributed by atoms with Crippen LogP contribution < -0.4 is 5.32 Å². The fraction of sp³-hybridized carbons (Fsp3) is 0.462. The molecule has 0 amide bonds. The molecule has 0 fully saturated rings. The zero-order chi connectivity index (χ0) is 15.9. The number of hydrogen-bond donors (Lipinski definition) is 3. The number of benzene rings is 1. The molecule has 21 heavy (non-hydrogen) atoms. The number of hydrogen-bond acceptors (Lipinski definition) is 4. The minimum absolute atomic E-state index is 0.117. The number of nitrogens with one attached hydrogen (secondary N) is 1. The Hall–Kier alpha value is -1.41. The van der Waals surface area contributed by atoms with E-state index in [4.69, 9.17) is 10.2 Å². The SMILES string of the molecule is O=C(O)c1ccc(NCCSCCCO)cc1C(F)(F)F. The zero-order valence-corrected chi connectivity index (χ0v) is 11.9. The number of alkyl halides is 3. The van der Waals surface area contributed by atoms with Gasteiger partial charge in [0.25, 0.3) is 0 Å². The number of carbonyl (C=O) groups is 1. The molecule has 0 heterocycles. The summed E-state index contributed by atoms with van der Waals surface area (Å²) in [5.41, 5.74) is -1.69. The summed E-state index contributed by atoms with van der Waals surface area (Å²) in [6.07, 6.45) is -4.03. The molecule has 0 aliphatic heterocycles. The van der Waals surface area contributed by atoms with Crippen LogP contribution in [0, 0.1) is 0 Å². The van der Waals surface area contributed by atoms with E-state index in [2.05, 4.69) is 5.32 Å². The van der Waals surface area contributed by atoms with Crippen molar-refractivity contribution in [3.63, 3.8) is 0 Å². The second kappa shape index (κ2) is 8.14. The first-order valence-electron chi connectivity index (χ1n) is 6.23. The summed E-state index contributed by atoms with van der Waals surface area (Å²) in [6.45, 7) is 0.575. The Morgan fingerprint density at radius 2 is 2.00 bits per heavy atom. The van der Waals surface area contributed by atoms with Gasteiger partial charge < -0.3 is 15.5 Å². The van der Waals surface area contributed by atoms with Crippen LogP contribution in [0.1, 0.15) is 22.3 Å². The summed E-state index contributed by atoms with van der Waals surface area (Å²) >= 11 is 1.58. The molecule has 1 aromatic rings. The molecule has 0 aliphatic rings. The van der Waals surface area contributed by atoms with Crippen molar-refractivity contribution in [1.82, 2.24) is 0 Å². The third kappa shape index (κ3) is 5.84. The van der Waals surface area contributed by atoms with Gasteiger partial charge in [0, 0.05) is 24.6 Å². The minimum atomic E-state index is -4.71. The Labute approximate surface area is 124 Å². The Balaban J connectivity index is 2.66. The minimum Gasteiger partial charge on any atom is -0.478 e. The molecule has 118 valence electrons. The van der Waals surface area contributed by atoms with Crippen LogP contribution in [0.3, 0.4) is 0 Å². The van der Waals surface area contributed by atoms with Gasteiger partial charge in [-0.15, -0.1) is 0 Å². The summed E-state index contributed by atoms with van der Waals surface area (Å²) < 4.78 is 38.4. The average Bonchev–Trinajstić information content (AvgIpc) is 2.41. The van der Waals surface area contributed by atoms with Crippen molar-refractivity contribution >= 4 is 23.4 Å². The molecule has 0 unspecified atom stereocenters. The molecule has 0 saturated heterocycles. The summed E-state index contributed by atoms with van der Waals surface area (Å²) in [5.74, 6) is -0.139. The Bertz CT molecular complexity index is 480. The topological polar surface area (TPSA) is 69.6 Å². The first-order valence-corrected chi connectivity index (χ1v) is 7.38. The summed E-state index contributed by atoms with van der Waals surface area (Å²) in [7, 11) is 0. The number of thioether (sulfide) groups is 1. The maximum atomic E-state index is 12.8. The highest BCUT2D eigenvalue weighted by Gasteiger charge is 2.35. The maximum Gasteiger partial charge on any atom is 0.417 e. The molecule has 0 atom stereocenters. The summed E-state index contributed by atoms with van der Waals surface area (Å²) in [5, 5.41) is 20.2. The highest BCUT2D eigenvalue weighted by molar-refractivity contribution is 7.99. The maximum absolute atomic E-state index is 12.8. The van der Waals surface area contributed by atoms with E-state index >= 15 is 0 Å². The van der Waals surface area contributed by atoms with E-state index in [-0.39, 0.29) is 12.3 Å². The number of anilines is 1.